The number of rotatable bonds is 15. The second-order valence-electron chi connectivity index (χ2n) is 10.5. The lowest BCUT2D eigenvalue weighted by Crippen LogP contribution is -2.38. The lowest BCUT2D eigenvalue weighted by molar-refractivity contribution is -0.162. The zero-order valence-electron chi connectivity index (χ0n) is 25.1. The maximum atomic E-state index is 13.4. The molecule has 3 rings (SSSR count). The van der Waals surface area contributed by atoms with Gasteiger partial charge in [0.25, 0.3) is 0 Å². The Morgan fingerprint density at radius 2 is 1.44 bits per heavy atom. The van der Waals surface area contributed by atoms with Crippen LogP contribution in [0.1, 0.15) is 67.7 Å². The van der Waals surface area contributed by atoms with Gasteiger partial charge in [0.15, 0.2) is 34.5 Å². The molecule has 0 bridgehead atoms. The molecule has 0 aliphatic carbocycles. The van der Waals surface area contributed by atoms with Crippen molar-refractivity contribution in [1.82, 2.24) is 5.32 Å². The fourth-order valence-electron chi connectivity index (χ4n) is 4.77. The molecule has 11 heteroatoms. The maximum Gasteiger partial charge on any atom is 0.345 e. The van der Waals surface area contributed by atoms with Crippen molar-refractivity contribution in [2.24, 2.45) is 0 Å². The minimum Gasteiger partial charge on any atom is -0.504 e. The number of carboxylic acids is 1. The summed E-state index contributed by atoms with van der Waals surface area (Å²) < 4.78 is 5.52. The van der Waals surface area contributed by atoms with Gasteiger partial charge in [0.2, 0.25) is 6.10 Å². The number of unbranched alkanes of at least 4 members (excludes halogenated alkanes) is 2. The number of ether oxygens (including phenoxy) is 1. The lowest BCUT2D eigenvalue weighted by Gasteiger charge is -2.25. The largest absolute Gasteiger partial charge is 0.504 e. The highest BCUT2D eigenvalue weighted by molar-refractivity contribution is 5.95. The first kappa shape index (κ1) is 34.3. The van der Waals surface area contributed by atoms with E-state index in [2.05, 4.69) is 5.32 Å². The van der Waals surface area contributed by atoms with Crippen molar-refractivity contribution in [2.75, 3.05) is 13.1 Å². The Balaban J connectivity index is 2.04. The predicted molar refractivity (Wildman–Crippen MR) is 169 cm³/mol. The summed E-state index contributed by atoms with van der Waals surface area (Å²) >= 11 is 0. The summed E-state index contributed by atoms with van der Waals surface area (Å²) in [6.45, 7) is 4.41. The fourth-order valence-corrected chi connectivity index (χ4v) is 4.77. The van der Waals surface area contributed by atoms with Gasteiger partial charge in [-0.2, -0.15) is 0 Å². The van der Waals surface area contributed by atoms with Crippen LogP contribution in [0.2, 0.25) is 0 Å². The Morgan fingerprint density at radius 3 is 2.07 bits per heavy atom. The van der Waals surface area contributed by atoms with E-state index in [1.165, 1.54) is 48.5 Å². The van der Waals surface area contributed by atoms with Gasteiger partial charge in [0.1, 0.15) is 0 Å². The summed E-state index contributed by atoms with van der Waals surface area (Å²) in [5.74, 6) is -5.57. The number of aromatic hydroxyl groups is 6. The molecule has 0 saturated heterocycles. The van der Waals surface area contributed by atoms with Gasteiger partial charge in [-0.05, 0) is 83.6 Å². The molecular formula is C34H39NO10. The highest BCUT2D eigenvalue weighted by Gasteiger charge is 2.33. The summed E-state index contributed by atoms with van der Waals surface area (Å²) in [7, 11) is 0. The van der Waals surface area contributed by atoms with E-state index >= 15 is 0 Å². The summed E-state index contributed by atoms with van der Waals surface area (Å²) in [6.07, 6.45) is 5.42. The van der Waals surface area contributed by atoms with Crippen molar-refractivity contribution in [1.29, 1.82) is 0 Å². The van der Waals surface area contributed by atoms with Crippen molar-refractivity contribution in [3.8, 4) is 34.5 Å². The van der Waals surface area contributed by atoms with E-state index in [0.29, 0.717) is 47.2 Å². The molecule has 0 radical (unpaired) electrons. The molecular weight excluding hydrogens is 582 g/mol. The molecule has 0 aliphatic heterocycles. The number of phenolic OH excluding ortho intramolecular Hbond substituents is 6. The minimum absolute atomic E-state index is 0.0889. The number of hydrogen-bond donors (Lipinski definition) is 8. The van der Waals surface area contributed by atoms with Crippen LogP contribution in [-0.2, 0) is 14.3 Å². The molecule has 0 saturated carbocycles. The average Bonchev–Trinajstić information content (AvgIpc) is 3.00. The third-order valence-electron chi connectivity index (χ3n) is 7.18. The van der Waals surface area contributed by atoms with Crippen molar-refractivity contribution in [2.45, 2.75) is 51.6 Å². The molecule has 8 N–H and O–H groups in total. The highest BCUT2D eigenvalue weighted by Crippen LogP contribution is 2.36. The van der Waals surface area contributed by atoms with Crippen LogP contribution in [0, 0.1) is 0 Å². The molecule has 3 aromatic carbocycles. The topological polar surface area (TPSA) is 197 Å². The van der Waals surface area contributed by atoms with Gasteiger partial charge in [-0.3, -0.25) is 0 Å². The van der Waals surface area contributed by atoms with Gasteiger partial charge in [-0.25, -0.2) is 9.59 Å². The van der Waals surface area contributed by atoms with E-state index in [1.807, 2.05) is 13.8 Å². The average molecular weight is 622 g/mol. The number of nitrogens with one attached hydrogen (secondary N) is 1. The van der Waals surface area contributed by atoms with Gasteiger partial charge in [0.05, 0.1) is 0 Å². The molecule has 0 fully saturated rings. The quantitative estimate of drug-likeness (QED) is 0.0353. The van der Waals surface area contributed by atoms with Crippen molar-refractivity contribution >= 4 is 29.7 Å². The van der Waals surface area contributed by atoms with Crippen molar-refractivity contribution in [3.05, 3.63) is 76.9 Å². The summed E-state index contributed by atoms with van der Waals surface area (Å²) in [5, 5.41) is 73.0. The Labute approximate surface area is 261 Å². The SMILES string of the molecule is CCCCCC(=CC(=O)O[C@@H](C(=O)O)[C@H](CNCC)c1ccc(O)c(O)c1)c1cc(O)c(O)cc1C=Cc1ccc(O)c(O)c1. The van der Waals surface area contributed by atoms with Crippen LogP contribution in [0.25, 0.3) is 17.7 Å². The molecule has 0 heterocycles. The fraction of sp³-hybridized carbons (Fsp3) is 0.294. The number of benzene rings is 3. The van der Waals surface area contributed by atoms with Gasteiger partial charge in [0, 0.05) is 18.5 Å². The lowest BCUT2D eigenvalue weighted by atomic mass is 9.92. The number of likely N-dealkylation sites (N-methyl/N-ethyl adjacent to an activating group) is 1. The summed E-state index contributed by atoms with van der Waals surface area (Å²) in [4.78, 5) is 25.8. The van der Waals surface area contributed by atoms with E-state index in [-0.39, 0.29) is 23.8 Å². The van der Waals surface area contributed by atoms with Crippen molar-refractivity contribution in [3.63, 3.8) is 0 Å². The van der Waals surface area contributed by atoms with Crippen LogP contribution in [0.3, 0.4) is 0 Å². The number of aliphatic carboxylic acids is 1. The van der Waals surface area contributed by atoms with Crippen LogP contribution >= 0.6 is 0 Å². The Morgan fingerprint density at radius 1 is 0.800 bits per heavy atom. The van der Waals surface area contributed by atoms with Crippen LogP contribution in [0.4, 0.5) is 0 Å². The molecule has 0 aliphatic rings. The summed E-state index contributed by atoms with van der Waals surface area (Å²) in [6, 6.07) is 10.7. The zero-order chi connectivity index (χ0) is 33.1. The second kappa shape index (κ2) is 16.1. The molecule has 11 nitrogen and oxygen atoms in total. The number of carbonyl (C=O) groups excluding carboxylic acids is 1. The number of esters is 1. The van der Waals surface area contributed by atoms with Crippen LogP contribution in [0.15, 0.2) is 54.6 Å². The Kier molecular flexibility index (Phi) is 12.3. The Bertz CT molecular complexity index is 1560. The van der Waals surface area contributed by atoms with E-state index in [1.54, 1.807) is 18.2 Å². The smallest absolute Gasteiger partial charge is 0.345 e. The first-order valence-corrected chi connectivity index (χ1v) is 14.6. The zero-order valence-corrected chi connectivity index (χ0v) is 25.1. The third-order valence-corrected chi connectivity index (χ3v) is 7.18. The monoisotopic (exact) mass is 621 g/mol. The van der Waals surface area contributed by atoms with Crippen LogP contribution in [-0.4, -0.2) is 66.9 Å². The third kappa shape index (κ3) is 9.41. The standard InChI is InChI=1S/C34H39NO10/c1-3-5-6-7-21(24-18-31(41)30(40)15-22(24)10-8-20-9-12-26(36)28(38)14-20)17-32(42)45-33(34(43)44)25(19-35-4-2)23-11-13-27(37)29(39)16-23/h8-18,25,33,35-41H,3-7,19H2,1-2H3,(H,43,44)/t25-,33-/m1/s1. The number of carboxylic acid groups (broad SMARTS) is 1. The first-order chi connectivity index (χ1) is 21.4. The molecule has 3 aromatic rings. The molecule has 0 aromatic heterocycles. The number of allylic oxidation sites excluding steroid dienone is 1. The van der Waals surface area contributed by atoms with Crippen molar-refractivity contribution < 1.29 is 50.1 Å². The van der Waals surface area contributed by atoms with Gasteiger partial charge < -0.3 is 45.8 Å². The van der Waals surface area contributed by atoms with Crippen LogP contribution in [0.5, 0.6) is 34.5 Å². The normalized spacial score (nSPS) is 13.1. The number of hydrogen-bond acceptors (Lipinski definition) is 10. The molecule has 0 spiro atoms. The molecule has 240 valence electrons. The van der Waals surface area contributed by atoms with E-state index < -0.39 is 41.2 Å². The van der Waals surface area contributed by atoms with E-state index in [4.69, 9.17) is 4.74 Å². The first-order valence-electron chi connectivity index (χ1n) is 14.6. The number of phenols is 6. The maximum absolute atomic E-state index is 13.4. The van der Waals surface area contributed by atoms with Gasteiger partial charge in [-0.15, -0.1) is 0 Å². The molecule has 45 heavy (non-hydrogen) atoms. The summed E-state index contributed by atoms with van der Waals surface area (Å²) in [5.41, 5.74) is 2.07. The molecule has 0 amide bonds. The van der Waals surface area contributed by atoms with Crippen LogP contribution < -0.4 is 5.32 Å². The second-order valence-corrected chi connectivity index (χ2v) is 10.5. The molecule has 0 unspecified atom stereocenters. The van der Waals surface area contributed by atoms with E-state index in [9.17, 15) is 45.3 Å². The minimum atomic E-state index is -1.66. The van der Waals surface area contributed by atoms with Gasteiger partial charge in [-0.1, -0.05) is 51.0 Å². The molecule has 2 atom stereocenters. The predicted octanol–water partition coefficient (Wildman–Crippen LogP) is 5.44. The Hall–Kier alpha value is -5.16. The van der Waals surface area contributed by atoms with Gasteiger partial charge >= 0.3 is 11.9 Å². The highest BCUT2D eigenvalue weighted by atomic mass is 16.6. The number of carbonyl (C=O) groups is 2. The van der Waals surface area contributed by atoms with E-state index in [0.717, 1.165) is 12.8 Å².